The number of nitrogens with zero attached hydrogens (tertiary/aromatic N) is 2. The van der Waals surface area contributed by atoms with E-state index in [9.17, 15) is 4.79 Å². The summed E-state index contributed by atoms with van der Waals surface area (Å²) in [4.78, 5) is 20.6. The number of methoxy groups -OCH3 is 2. The Balaban J connectivity index is 1.49. The van der Waals surface area contributed by atoms with Crippen molar-refractivity contribution < 1.29 is 27.8 Å². The number of halogens is 1. The van der Waals surface area contributed by atoms with Gasteiger partial charge in [0.15, 0.2) is 22.9 Å². The first kappa shape index (κ1) is 27.3. The number of hydrogen-bond donors (Lipinski definition) is 2. The van der Waals surface area contributed by atoms with Gasteiger partial charge in [-0.3, -0.25) is 4.79 Å². The molecule has 210 valence electrons. The topological polar surface area (TPSA) is 98.1 Å². The van der Waals surface area contributed by atoms with Crippen LogP contribution in [0.2, 0.25) is 0 Å². The molecule has 0 saturated carbocycles. The van der Waals surface area contributed by atoms with Crippen LogP contribution in [0.25, 0.3) is 11.0 Å². The van der Waals surface area contributed by atoms with Crippen molar-refractivity contribution >= 4 is 39.6 Å². The zero-order valence-electron chi connectivity index (χ0n) is 23.3. The molecule has 0 unspecified atom stereocenters. The Labute approximate surface area is 232 Å². The van der Waals surface area contributed by atoms with Crippen LogP contribution in [-0.2, 0) is 4.74 Å². The van der Waals surface area contributed by atoms with Crippen LogP contribution in [-0.4, -0.2) is 58.3 Å². The monoisotopic (exact) mass is 548 g/mol. The number of fused-ring (bicyclic) bond motifs is 1. The van der Waals surface area contributed by atoms with Gasteiger partial charge in [-0.2, -0.15) is 0 Å². The van der Waals surface area contributed by atoms with Gasteiger partial charge in [0.1, 0.15) is 11.6 Å². The van der Waals surface area contributed by atoms with Gasteiger partial charge >= 0.3 is 0 Å². The number of anilines is 4. The number of ketones is 1. The molecule has 0 radical (unpaired) electrons. The molecule has 0 atom stereocenters. The smallest absolute Gasteiger partial charge is 0.233 e. The van der Waals surface area contributed by atoms with Crippen molar-refractivity contribution in [2.45, 2.75) is 19.8 Å². The lowest BCUT2D eigenvalue weighted by Crippen LogP contribution is -2.36. The lowest BCUT2D eigenvalue weighted by atomic mass is 9.91. The molecule has 2 aromatic carbocycles. The summed E-state index contributed by atoms with van der Waals surface area (Å²) in [5.74, 6) is -0.759. The normalized spacial score (nSPS) is 13.5. The van der Waals surface area contributed by atoms with E-state index in [0.717, 1.165) is 37.7 Å². The molecule has 0 bridgehead atoms. The quantitative estimate of drug-likeness (QED) is 0.246. The van der Waals surface area contributed by atoms with Gasteiger partial charge in [-0.15, -0.1) is 0 Å². The van der Waals surface area contributed by atoms with Crippen LogP contribution in [0.5, 0.6) is 11.5 Å². The molecule has 40 heavy (non-hydrogen) atoms. The molecule has 2 N–H and O–H groups in total. The van der Waals surface area contributed by atoms with Crippen molar-refractivity contribution in [3.63, 3.8) is 0 Å². The Morgan fingerprint density at radius 3 is 2.40 bits per heavy atom. The second kappa shape index (κ2) is 11.4. The maximum atomic E-state index is 15.6. The molecule has 10 heteroatoms. The van der Waals surface area contributed by atoms with Gasteiger partial charge in [-0.05, 0) is 36.2 Å². The molecule has 9 nitrogen and oxygen atoms in total. The second-order valence-corrected chi connectivity index (χ2v) is 9.76. The van der Waals surface area contributed by atoms with Crippen LogP contribution in [0.1, 0.15) is 41.4 Å². The van der Waals surface area contributed by atoms with Crippen LogP contribution in [0.15, 0.2) is 47.0 Å². The summed E-state index contributed by atoms with van der Waals surface area (Å²) in [6.45, 7) is 6.92. The zero-order chi connectivity index (χ0) is 28.4. The Kier molecular flexibility index (Phi) is 7.79. The average Bonchev–Trinajstić information content (AvgIpc) is 3.35. The molecule has 1 fully saturated rings. The molecular weight excluding hydrogens is 515 g/mol. The van der Waals surface area contributed by atoms with E-state index in [1.165, 1.54) is 20.3 Å². The molecule has 1 saturated heterocycles. The number of pyridine rings is 1. The molecule has 5 rings (SSSR count). The number of aromatic nitrogens is 1. The number of furan rings is 1. The SMILES string of the molecule is CNc1c(C(=O)c2c(F)c(OC)cc(OC)c2C(C)C)oc2cnc(Nc3ccc(N4CCOCC4)cc3)cc12. The molecule has 3 heterocycles. The zero-order valence-corrected chi connectivity index (χ0v) is 23.3. The molecule has 4 aromatic rings. The lowest BCUT2D eigenvalue weighted by molar-refractivity contribution is 0.101. The van der Waals surface area contributed by atoms with Crippen molar-refractivity contribution in [2.24, 2.45) is 0 Å². The van der Waals surface area contributed by atoms with E-state index in [2.05, 4.69) is 32.7 Å². The molecule has 0 aliphatic carbocycles. The molecule has 0 spiro atoms. The van der Waals surface area contributed by atoms with Gasteiger partial charge in [0.25, 0.3) is 0 Å². The highest BCUT2D eigenvalue weighted by atomic mass is 19.1. The predicted octanol–water partition coefficient (Wildman–Crippen LogP) is 5.96. The fourth-order valence-electron chi connectivity index (χ4n) is 5.06. The van der Waals surface area contributed by atoms with E-state index < -0.39 is 11.6 Å². The van der Waals surface area contributed by atoms with Gasteiger partial charge < -0.3 is 34.2 Å². The fraction of sp³-hybridized carbons (Fsp3) is 0.333. The van der Waals surface area contributed by atoms with Crippen LogP contribution < -0.4 is 25.0 Å². The van der Waals surface area contributed by atoms with Gasteiger partial charge in [0, 0.05) is 48.5 Å². The first-order valence-electron chi connectivity index (χ1n) is 13.1. The van der Waals surface area contributed by atoms with Crippen LogP contribution in [0, 0.1) is 5.82 Å². The third kappa shape index (κ3) is 5.02. The van der Waals surface area contributed by atoms with Crippen molar-refractivity contribution in [1.82, 2.24) is 4.98 Å². The highest BCUT2D eigenvalue weighted by Crippen LogP contribution is 2.41. The standard InChI is InChI=1S/C30H33FN4O5/c1-17(2)25-21(37-4)15-22(38-5)27(31)26(25)29(36)30-28(32-3)20-14-24(33-16-23(20)40-30)34-18-6-8-19(9-7-18)35-10-12-39-13-11-35/h6-9,14-17,32H,10-13H2,1-5H3,(H,33,34). The lowest BCUT2D eigenvalue weighted by Gasteiger charge is -2.28. The number of rotatable bonds is 9. The van der Waals surface area contributed by atoms with Crippen molar-refractivity contribution in [3.8, 4) is 11.5 Å². The van der Waals surface area contributed by atoms with E-state index in [1.807, 2.05) is 26.0 Å². The summed E-state index contributed by atoms with van der Waals surface area (Å²) in [5.41, 5.74) is 3.12. The molecule has 1 aliphatic heterocycles. The number of carbonyl (C=O) groups excluding carboxylic acids is 1. The Morgan fingerprint density at radius 2 is 1.77 bits per heavy atom. The average molecular weight is 549 g/mol. The van der Waals surface area contributed by atoms with Gasteiger partial charge in [-0.25, -0.2) is 9.37 Å². The summed E-state index contributed by atoms with van der Waals surface area (Å²) in [6, 6.07) is 11.3. The number of morpholine rings is 1. The first-order valence-corrected chi connectivity index (χ1v) is 13.1. The largest absolute Gasteiger partial charge is 0.496 e. The number of ether oxygens (including phenoxy) is 3. The van der Waals surface area contributed by atoms with E-state index in [0.29, 0.717) is 33.8 Å². The van der Waals surface area contributed by atoms with E-state index >= 15 is 4.39 Å². The third-order valence-electron chi connectivity index (χ3n) is 7.03. The summed E-state index contributed by atoms with van der Waals surface area (Å²) in [7, 11) is 4.51. The Bertz CT molecular complexity index is 1530. The van der Waals surface area contributed by atoms with E-state index in [-0.39, 0.29) is 23.0 Å². The Hall–Kier alpha value is -4.31. The summed E-state index contributed by atoms with van der Waals surface area (Å²) < 4.78 is 37.7. The summed E-state index contributed by atoms with van der Waals surface area (Å²) >= 11 is 0. The van der Waals surface area contributed by atoms with Crippen molar-refractivity contribution in [2.75, 3.05) is 63.1 Å². The van der Waals surface area contributed by atoms with E-state index in [1.54, 1.807) is 19.3 Å². The minimum atomic E-state index is -0.763. The Morgan fingerprint density at radius 1 is 1.07 bits per heavy atom. The maximum Gasteiger partial charge on any atom is 0.233 e. The minimum Gasteiger partial charge on any atom is -0.496 e. The van der Waals surface area contributed by atoms with Gasteiger partial charge in [-0.1, -0.05) is 13.8 Å². The van der Waals surface area contributed by atoms with Gasteiger partial charge in [0.2, 0.25) is 5.78 Å². The van der Waals surface area contributed by atoms with Crippen molar-refractivity contribution in [3.05, 3.63) is 65.3 Å². The van der Waals surface area contributed by atoms with E-state index in [4.69, 9.17) is 18.6 Å². The van der Waals surface area contributed by atoms with Crippen LogP contribution in [0.4, 0.5) is 27.3 Å². The summed E-state index contributed by atoms with van der Waals surface area (Å²) in [5, 5.41) is 7.00. The number of nitrogens with one attached hydrogen (secondary N) is 2. The molecule has 0 amide bonds. The maximum absolute atomic E-state index is 15.6. The van der Waals surface area contributed by atoms with Crippen molar-refractivity contribution in [1.29, 1.82) is 0 Å². The third-order valence-corrected chi connectivity index (χ3v) is 7.03. The molecule has 2 aromatic heterocycles. The highest BCUT2D eigenvalue weighted by molar-refractivity contribution is 6.16. The minimum absolute atomic E-state index is 0.0255. The summed E-state index contributed by atoms with van der Waals surface area (Å²) in [6.07, 6.45) is 1.54. The highest BCUT2D eigenvalue weighted by Gasteiger charge is 2.31. The predicted molar refractivity (Wildman–Crippen MR) is 153 cm³/mol. The number of hydrogen-bond acceptors (Lipinski definition) is 9. The fourth-order valence-corrected chi connectivity index (χ4v) is 5.06. The second-order valence-electron chi connectivity index (χ2n) is 9.76. The van der Waals surface area contributed by atoms with Crippen LogP contribution >= 0.6 is 0 Å². The number of benzene rings is 2. The van der Waals surface area contributed by atoms with Crippen LogP contribution in [0.3, 0.4) is 0 Å². The number of carbonyl (C=O) groups is 1. The molecular formula is C30H33FN4O5. The van der Waals surface area contributed by atoms with Gasteiger partial charge in [0.05, 0.1) is 44.9 Å². The first-order chi connectivity index (χ1) is 19.4. The molecule has 1 aliphatic rings.